The molecule has 1 fully saturated rings. The number of nitrogens with one attached hydrogen (secondary N) is 1. The monoisotopic (exact) mass is 410 g/mol. The average Bonchev–Trinajstić information content (AvgIpc) is 3.39. The maximum absolute atomic E-state index is 12.5. The lowest BCUT2D eigenvalue weighted by Gasteiger charge is -2.34. The van der Waals surface area contributed by atoms with Crippen LogP contribution in [0.1, 0.15) is 23.9 Å². The van der Waals surface area contributed by atoms with Crippen molar-refractivity contribution in [2.24, 2.45) is 0 Å². The van der Waals surface area contributed by atoms with E-state index in [1.807, 2.05) is 27.9 Å². The number of hydrogen-bond acceptors (Lipinski definition) is 5. The first kappa shape index (κ1) is 19.4. The van der Waals surface area contributed by atoms with Crippen LogP contribution in [-0.4, -0.2) is 51.0 Å². The molecular weight excluding hydrogens is 384 g/mol. The Morgan fingerprint density at radius 2 is 1.90 bits per heavy atom. The van der Waals surface area contributed by atoms with Crippen molar-refractivity contribution in [3.8, 4) is 0 Å². The fourth-order valence-corrected chi connectivity index (χ4v) is 4.08. The number of urea groups is 1. The molecule has 2 amide bonds. The number of carbonyl (C=O) groups is 1. The van der Waals surface area contributed by atoms with Crippen LogP contribution in [0.2, 0.25) is 0 Å². The molecule has 0 spiro atoms. The van der Waals surface area contributed by atoms with Crippen LogP contribution in [-0.2, 0) is 13.0 Å². The summed E-state index contributed by atoms with van der Waals surface area (Å²) in [5, 5.41) is 3.92. The largest absolute Gasteiger partial charge is 0.352 e. The van der Waals surface area contributed by atoms with Crippen molar-refractivity contribution >= 4 is 28.4 Å². The number of piperazine rings is 1. The third kappa shape index (κ3) is 4.76. The van der Waals surface area contributed by atoms with Crippen molar-refractivity contribution in [1.82, 2.24) is 18.8 Å². The SMILES string of the molecule is CCn1ccc(NC(=O)N2CCN(c3nc(Cc4ccc(C)cc4)ns3)CC2)c1. The van der Waals surface area contributed by atoms with E-state index in [2.05, 4.69) is 52.7 Å². The maximum Gasteiger partial charge on any atom is 0.322 e. The minimum Gasteiger partial charge on any atom is -0.352 e. The molecule has 4 rings (SSSR count). The molecule has 3 heterocycles. The lowest BCUT2D eigenvalue weighted by Crippen LogP contribution is -2.50. The van der Waals surface area contributed by atoms with Gasteiger partial charge in [-0.3, -0.25) is 0 Å². The van der Waals surface area contributed by atoms with E-state index in [4.69, 9.17) is 4.98 Å². The molecule has 0 atom stereocenters. The summed E-state index contributed by atoms with van der Waals surface area (Å²) in [6.07, 6.45) is 4.67. The fraction of sp³-hybridized carbons (Fsp3) is 0.381. The molecule has 1 N–H and O–H groups in total. The third-order valence-electron chi connectivity index (χ3n) is 5.14. The van der Waals surface area contributed by atoms with Gasteiger partial charge < -0.3 is 19.7 Å². The van der Waals surface area contributed by atoms with E-state index in [1.54, 1.807) is 0 Å². The third-order valence-corrected chi connectivity index (χ3v) is 5.96. The Labute approximate surface area is 175 Å². The highest BCUT2D eigenvalue weighted by molar-refractivity contribution is 7.09. The second-order valence-corrected chi connectivity index (χ2v) is 8.02. The number of hydrogen-bond donors (Lipinski definition) is 1. The number of anilines is 2. The Bertz CT molecular complexity index is 956. The van der Waals surface area contributed by atoms with E-state index in [0.717, 1.165) is 42.7 Å². The van der Waals surface area contributed by atoms with Gasteiger partial charge in [0.15, 0.2) is 0 Å². The Morgan fingerprint density at radius 1 is 1.14 bits per heavy atom. The second kappa shape index (κ2) is 8.65. The molecule has 2 aromatic heterocycles. The summed E-state index contributed by atoms with van der Waals surface area (Å²) in [5.41, 5.74) is 3.31. The highest BCUT2D eigenvalue weighted by Crippen LogP contribution is 2.21. The zero-order valence-electron chi connectivity index (χ0n) is 16.8. The molecule has 29 heavy (non-hydrogen) atoms. The summed E-state index contributed by atoms with van der Waals surface area (Å²) in [6, 6.07) is 10.4. The molecule has 0 bridgehead atoms. The van der Waals surface area contributed by atoms with Gasteiger partial charge in [0.1, 0.15) is 5.82 Å². The standard InChI is InChI=1S/C21H26N6OS/c1-3-25-9-8-18(15-25)22-20(28)26-10-12-27(13-11-26)21-23-19(24-29-21)14-17-6-4-16(2)5-7-17/h4-9,15H,3,10-14H2,1-2H3,(H,22,28). The first-order valence-electron chi connectivity index (χ1n) is 9.95. The summed E-state index contributed by atoms with van der Waals surface area (Å²) in [6.45, 7) is 7.93. The molecule has 8 heteroatoms. The van der Waals surface area contributed by atoms with Crippen LogP contribution in [0, 0.1) is 6.92 Å². The van der Waals surface area contributed by atoms with Crippen LogP contribution in [0.5, 0.6) is 0 Å². The van der Waals surface area contributed by atoms with Crippen molar-refractivity contribution in [2.75, 3.05) is 36.4 Å². The predicted octanol–water partition coefficient (Wildman–Crippen LogP) is 3.61. The van der Waals surface area contributed by atoms with Crippen molar-refractivity contribution in [2.45, 2.75) is 26.8 Å². The molecule has 0 radical (unpaired) electrons. The van der Waals surface area contributed by atoms with Crippen molar-refractivity contribution in [3.63, 3.8) is 0 Å². The lowest BCUT2D eigenvalue weighted by molar-refractivity contribution is 0.208. The second-order valence-electron chi connectivity index (χ2n) is 7.29. The number of nitrogens with zero attached hydrogens (tertiary/aromatic N) is 5. The van der Waals surface area contributed by atoms with Crippen LogP contribution >= 0.6 is 11.5 Å². The van der Waals surface area contributed by atoms with Crippen LogP contribution in [0.4, 0.5) is 15.6 Å². The van der Waals surface area contributed by atoms with E-state index in [9.17, 15) is 4.79 Å². The Balaban J connectivity index is 1.29. The number of benzene rings is 1. The van der Waals surface area contributed by atoms with Crippen LogP contribution in [0.15, 0.2) is 42.7 Å². The van der Waals surface area contributed by atoms with E-state index in [1.165, 1.54) is 22.7 Å². The predicted molar refractivity (Wildman–Crippen MR) is 117 cm³/mol. The molecule has 3 aromatic rings. The van der Waals surface area contributed by atoms with Gasteiger partial charge in [0, 0.05) is 63.1 Å². The van der Waals surface area contributed by atoms with Crippen molar-refractivity contribution in [3.05, 3.63) is 59.7 Å². The van der Waals surface area contributed by atoms with Crippen molar-refractivity contribution in [1.29, 1.82) is 0 Å². The molecular formula is C21H26N6OS. The minimum absolute atomic E-state index is 0.0455. The van der Waals surface area contributed by atoms with Gasteiger partial charge >= 0.3 is 6.03 Å². The van der Waals surface area contributed by atoms with Gasteiger partial charge in [0.2, 0.25) is 5.13 Å². The van der Waals surface area contributed by atoms with Gasteiger partial charge in [0.25, 0.3) is 0 Å². The first-order chi connectivity index (χ1) is 14.1. The fourth-order valence-electron chi connectivity index (χ4n) is 3.35. The maximum atomic E-state index is 12.5. The molecule has 0 unspecified atom stereocenters. The summed E-state index contributed by atoms with van der Waals surface area (Å²) in [7, 11) is 0. The molecule has 0 aliphatic carbocycles. The zero-order chi connectivity index (χ0) is 20.2. The Kier molecular flexibility index (Phi) is 5.80. The summed E-state index contributed by atoms with van der Waals surface area (Å²) in [5.74, 6) is 0.856. The van der Waals surface area contributed by atoms with Gasteiger partial charge in [-0.2, -0.15) is 4.37 Å². The van der Waals surface area contributed by atoms with Crippen LogP contribution in [0.3, 0.4) is 0 Å². The average molecular weight is 411 g/mol. The zero-order valence-corrected chi connectivity index (χ0v) is 17.7. The smallest absolute Gasteiger partial charge is 0.322 e. The topological polar surface area (TPSA) is 66.3 Å². The first-order valence-corrected chi connectivity index (χ1v) is 10.7. The summed E-state index contributed by atoms with van der Waals surface area (Å²) < 4.78 is 6.56. The number of aromatic nitrogens is 3. The van der Waals surface area contributed by atoms with Gasteiger partial charge in [-0.1, -0.05) is 29.8 Å². The molecule has 152 valence electrons. The number of rotatable bonds is 5. The number of amides is 2. The molecule has 1 aromatic carbocycles. The molecule has 0 saturated carbocycles. The highest BCUT2D eigenvalue weighted by atomic mass is 32.1. The van der Waals surface area contributed by atoms with E-state index in [0.29, 0.717) is 13.1 Å². The molecule has 7 nitrogen and oxygen atoms in total. The van der Waals surface area contributed by atoms with E-state index >= 15 is 0 Å². The minimum atomic E-state index is -0.0455. The molecule has 1 aliphatic rings. The van der Waals surface area contributed by atoms with Crippen molar-refractivity contribution < 1.29 is 4.79 Å². The molecule has 1 saturated heterocycles. The summed E-state index contributed by atoms with van der Waals surface area (Å²) >= 11 is 1.44. The van der Waals surface area contributed by atoms with E-state index in [-0.39, 0.29) is 6.03 Å². The van der Waals surface area contributed by atoms with Gasteiger partial charge in [-0.15, -0.1) is 0 Å². The molecule has 1 aliphatic heterocycles. The Morgan fingerprint density at radius 3 is 2.59 bits per heavy atom. The van der Waals surface area contributed by atoms with Gasteiger partial charge in [0.05, 0.1) is 5.69 Å². The lowest BCUT2D eigenvalue weighted by atomic mass is 10.1. The van der Waals surface area contributed by atoms with Gasteiger partial charge in [-0.25, -0.2) is 9.78 Å². The summed E-state index contributed by atoms with van der Waals surface area (Å²) in [4.78, 5) is 21.3. The normalized spacial score (nSPS) is 14.3. The van der Waals surface area contributed by atoms with E-state index < -0.39 is 0 Å². The number of aryl methyl sites for hydroxylation is 2. The Hall–Kier alpha value is -2.87. The van der Waals surface area contributed by atoms with Gasteiger partial charge in [-0.05, 0) is 25.5 Å². The highest BCUT2D eigenvalue weighted by Gasteiger charge is 2.23. The van der Waals surface area contributed by atoms with Crippen LogP contribution < -0.4 is 10.2 Å². The quantitative estimate of drug-likeness (QED) is 0.698. The number of carbonyl (C=O) groups excluding carboxylic acids is 1. The van der Waals surface area contributed by atoms with Crippen LogP contribution in [0.25, 0.3) is 0 Å².